The van der Waals surface area contributed by atoms with E-state index in [4.69, 9.17) is 5.11 Å². The quantitative estimate of drug-likeness (QED) is 0.806. The molecule has 1 atom stereocenters. The van der Waals surface area contributed by atoms with E-state index in [-0.39, 0.29) is 25.4 Å². The predicted octanol–water partition coefficient (Wildman–Crippen LogP) is 1.26. The van der Waals surface area contributed by atoms with E-state index in [1.165, 1.54) is 0 Å². The fourth-order valence-corrected chi connectivity index (χ4v) is 1.76. The summed E-state index contributed by atoms with van der Waals surface area (Å²) in [6, 6.07) is 0. The molecule has 0 aromatic heterocycles. The zero-order valence-corrected chi connectivity index (χ0v) is 8.46. The minimum atomic E-state index is -4.50. The monoisotopic (exact) mass is 239 g/mol. The number of alkyl halides is 3. The van der Waals surface area contributed by atoms with Gasteiger partial charge in [0.1, 0.15) is 6.42 Å². The van der Waals surface area contributed by atoms with Gasteiger partial charge in [-0.05, 0) is 12.3 Å². The van der Waals surface area contributed by atoms with E-state index in [1.54, 1.807) is 0 Å². The third-order valence-electron chi connectivity index (χ3n) is 2.45. The summed E-state index contributed by atoms with van der Waals surface area (Å²) in [5.74, 6) is -2.19. The van der Waals surface area contributed by atoms with Crippen molar-refractivity contribution in [1.82, 2.24) is 4.90 Å². The maximum absolute atomic E-state index is 11.9. The summed E-state index contributed by atoms with van der Waals surface area (Å²) in [5.41, 5.74) is 0. The Bertz CT molecular complexity index is 290. The number of carbonyl (C=O) groups is 2. The first kappa shape index (κ1) is 12.8. The van der Waals surface area contributed by atoms with Gasteiger partial charge < -0.3 is 10.0 Å². The van der Waals surface area contributed by atoms with E-state index in [0.29, 0.717) is 6.42 Å². The molecule has 0 bridgehead atoms. The fourth-order valence-electron chi connectivity index (χ4n) is 1.76. The molecule has 1 fully saturated rings. The molecule has 92 valence electrons. The fraction of sp³-hybridized carbons (Fsp3) is 0.778. The average Bonchev–Trinajstić information content (AvgIpc) is 2.48. The Morgan fingerprint density at radius 3 is 2.50 bits per heavy atom. The highest BCUT2D eigenvalue weighted by atomic mass is 19.4. The summed E-state index contributed by atoms with van der Waals surface area (Å²) in [6.07, 6.45) is -5.61. The molecule has 1 heterocycles. The maximum atomic E-state index is 11.9. The van der Waals surface area contributed by atoms with Gasteiger partial charge in [0.25, 0.3) is 0 Å². The Balaban J connectivity index is 2.41. The van der Waals surface area contributed by atoms with Gasteiger partial charge in [0.2, 0.25) is 5.91 Å². The highest BCUT2D eigenvalue weighted by Gasteiger charge is 2.36. The van der Waals surface area contributed by atoms with Gasteiger partial charge in [0, 0.05) is 19.5 Å². The largest absolute Gasteiger partial charge is 0.481 e. The van der Waals surface area contributed by atoms with Crippen molar-refractivity contribution >= 4 is 11.9 Å². The van der Waals surface area contributed by atoms with E-state index in [9.17, 15) is 22.8 Å². The summed E-state index contributed by atoms with van der Waals surface area (Å²) in [6.45, 7) is 0.327. The van der Waals surface area contributed by atoms with E-state index < -0.39 is 24.5 Å². The zero-order valence-electron chi connectivity index (χ0n) is 8.46. The van der Waals surface area contributed by atoms with Crippen LogP contribution in [0.2, 0.25) is 0 Å². The molecular weight excluding hydrogens is 227 g/mol. The van der Waals surface area contributed by atoms with E-state index in [2.05, 4.69) is 0 Å². The number of halogens is 3. The van der Waals surface area contributed by atoms with Crippen LogP contribution in [-0.4, -0.2) is 41.1 Å². The first-order chi connectivity index (χ1) is 7.28. The van der Waals surface area contributed by atoms with E-state index >= 15 is 0 Å². The lowest BCUT2D eigenvalue weighted by Gasteiger charge is -2.17. The third-order valence-corrected chi connectivity index (χ3v) is 2.45. The standard InChI is InChI=1S/C9H12F3NO3/c10-9(11,12)4-7(14)13-2-1-6(5-13)3-8(15)16/h6H,1-5H2,(H,15,16). The van der Waals surface area contributed by atoms with Gasteiger partial charge in [-0.25, -0.2) is 0 Å². The number of carboxylic acid groups (broad SMARTS) is 1. The van der Waals surface area contributed by atoms with Crippen LogP contribution in [-0.2, 0) is 9.59 Å². The molecule has 0 saturated carbocycles. The number of carbonyl (C=O) groups excluding carboxylic acids is 1. The Morgan fingerprint density at radius 1 is 1.38 bits per heavy atom. The summed E-state index contributed by atoms with van der Waals surface area (Å²) < 4.78 is 35.8. The topological polar surface area (TPSA) is 57.6 Å². The van der Waals surface area contributed by atoms with Crippen LogP contribution < -0.4 is 0 Å². The Hall–Kier alpha value is -1.27. The smallest absolute Gasteiger partial charge is 0.397 e. The zero-order chi connectivity index (χ0) is 12.3. The van der Waals surface area contributed by atoms with Crippen molar-refractivity contribution in [3.63, 3.8) is 0 Å². The Labute approximate surface area is 90.0 Å². The predicted molar refractivity (Wildman–Crippen MR) is 47.6 cm³/mol. The molecule has 1 N–H and O–H groups in total. The van der Waals surface area contributed by atoms with Gasteiger partial charge in [0.15, 0.2) is 0 Å². The molecule has 0 aliphatic carbocycles. The maximum Gasteiger partial charge on any atom is 0.397 e. The normalized spacial score (nSPS) is 21.2. The molecule has 0 radical (unpaired) electrons. The SMILES string of the molecule is O=C(O)CC1CCN(C(=O)CC(F)(F)F)C1. The summed E-state index contributed by atoms with van der Waals surface area (Å²) in [4.78, 5) is 22.6. The lowest BCUT2D eigenvalue weighted by atomic mass is 10.1. The van der Waals surface area contributed by atoms with Crippen LogP contribution in [0.3, 0.4) is 0 Å². The van der Waals surface area contributed by atoms with Crippen LogP contribution in [0.15, 0.2) is 0 Å². The number of aliphatic carboxylic acids is 1. The van der Waals surface area contributed by atoms with Crippen molar-refractivity contribution < 1.29 is 27.9 Å². The molecule has 1 unspecified atom stereocenters. The van der Waals surface area contributed by atoms with Crippen LogP contribution in [0.5, 0.6) is 0 Å². The van der Waals surface area contributed by atoms with Crippen molar-refractivity contribution in [1.29, 1.82) is 0 Å². The number of likely N-dealkylation sites (tertiary alicyclic amines) is 1. The molecule has 1 aliphatic heterocycles. The van der Waals surface area contributed by atoms with Crippen LogP contribution >= 0.6 is 0 Å². The van der Waals surface area contributed by atoms with Gasteiger partial charge in [-0.15, -0.1) is 0 Å². The second-order valence-corrected chi connectivity index (χ2v) is 3.88. The number of rotatable bonds is 3. The Kier molecular flexibility index (Phi) is 3.77. The first-order valence-corrected chi connectivity index (χ1v) is 4.84. The molecular formula is C9H12F3NO3. The summed E-state index contributed by atoms with van der Waals surface area (Å²) in [5, 5.41) is 8.50. The Morgan fingerprint density at radius 2 is 2.00 bits per heavy atom. The lowest BCUT2D eigenvalue weighted by molar-refractivity contribution is -0.161. The molecule has 0 aromatic rings. The first-order valence-electron chi connectivity index (χ1n) is 4.84. The highest BCUT2D eigenvalue weighted by Crippen LogP contribution is 2.25. The van der Waals surface area contributed by atoms with Gasteiger partial charge in [-0.2, -0.15) is 13.2 Å². The lowest BCUT2D eigenvalue weighted by Crippen LogP contribution is -2.32. The van der Waals surface area contributed by atoms with Crippen LogP contribution in [0, 0.1) is 5.92 Å². The van der Waals surface area contributed by atoms with Gasteiger partial charge in [0.05, 0.1) is 0 Å². The van der Waals surface area contributed by atoms with Gasteiger partial charge >= 0.3 is 12.1 Å². The molecule has 1 rings (SSSR count). The minimum Gasteiger partial charge on any atom is -0.481 e. The number of nitrogens with zero attached hydrogens (tertiary/aromatic N) is 1. The van der Waals surface area contributed by atoms with Crippen LogP contribution in [0.4, 0.5) is 13.2 Å². The van der Waals surface area contributed by atoms with Gasteiger partial charge in [-0.3, -0.25) is 9.59 Å². The number of amides is 1. The third kappa shape index (κ3) is 4.08. The number of hydrogen-bond donors (Lipinski definition) is 1. The second-order valence-electron chi connectivity index (χ2n) is 3.88. The van der Waals surface area contributed by atoms with Crippen molar-refractivity contribution in [3.8, 4) is 0 Å². The number of carboxylic acids is 1. The highest BCUT2D eigenvalue weighted by molar-refractivity contribution is 5.77. The molecule has 1 saturated heterocycles. The van der Waals surface area contributed by atoms with Crippen molar-refractivity contribution in [3.05, 3.63) is 0 Å². The average molecular weight is 239 g/mol. The molecule has 1 amide bonds. The van der Waals surface area contributed by atoms with Crippen LogP contribution in [0.25, 0.3) is 0 Å². The number of hydrogen-bond acceptors (Lipinski definition) is 2. The second kappa shape index (κ2) is 4.71. The van der Waals surface area contributed by atoms with Crippen molar-refractivity contribution in [2.24, 2.45) is 5.92 Å². The van der Waals surface area contributed by atoms with Gasteiger partial charge in [-0.1, -0.05) is 0 Å². The molecule has 0 aromatic carbocycles. The summed E-state index contributed by atoms with van der Waals surface area (Å²) >= 11 is 0. The van der Waals surface area contributed by atoms with Crippen LogP contribution in [0.1, 0.15) is 19.3 Å². The minimum absolute atomic E-state index is 0.101. The molecule has 16 heavy (non-hydrogen) atoms. The molecule has 0 spiro atoms. The summed E-state index contributed by atoms with van der Waals surface area (Å²) in [7, 11) is 0. The van der Waals surface area contributed by atoms with Crippen molar-refractivity contribution in [2.45, 2.75) is 25.4 Å². The molecule has 4 nitrogen and oxygen atoms in total. The van der Waals surface area contributed by atoms with Crippen molar-refractivity contribution in [2.75, 3.05) is 13.1 Å². The molecule has 1 aliphatic rings. The van der Waals surface area contributed by atoms with E-state index in [0.717, 1.165) is 4.90 Å². The van der Waals surface area contributed by atoms with E-state index in [1.807, 2.05) is 0 Å². The molecule has 7 heteroatoms.